The summed E-state index contributed by atoms with van der Waals surface area (Å²) < 4.78 is 11.4. The highest BCUT2D eigenvalue weighted by atomic mass is 35.5. The molecule has 3 aromatic rings. The van der Waals surface area contributed by atoms with Crippen LogP contribution in [0.15, 0.2) is 55.4 Å². The van der Waals surface area contributed by atoms with E-state index < -0.39 is 0 Å². The van der Waals surface area contributed by atoms with Crippen molar-refractivity contribution in [1.82, 2.24) is 19.9 Å². The molecule has 0 aliphatic carbocycles. The Morgan fingerprint density at radius 3 is 2.87 bits per heavy atom. The topological polar surface area (TPSA) is 105 Å². The van der Waals surface area contributed by atoms with Gasteiger partial charge < -0.3 is 25.0 Å². The molecule has 2 aliphatic heterocycles. The number of halogens is 1. The number of hydrogen-bond acceptors (Lipinski definition) is 9. The molecule has 2 N–H and O–H groups in total. The van der Waals surface area contributed by atoms with E-state index in [9.17, 15) is 4.79 Å². The number of nitrogens with one attached hydrogen (secondary N) is 2. The number of benzene rings is 2. The lowest BCUT2D eigenvalue weighted by atomic mass is 10.0. The molecule has 0 bridgehead atoms. The highest BCUT2D eigenvalue weighted by Crippen LogP contribution is 2.34. The van der Waals surface area contributed by atoms with Crippen molar-refractivity contribution in [2.45, 2.75) is 19.3 Å². The Hall–Kier alpha value is -3.73. The van der Waals surface area contributed by atoms with Crippen LogP contribution in [-0.4, -0.2) is 71.8 Å². The van der Waals surface area contributed by atoms with Crippen LogP contribution in [0.3, 0.4) is 0 Å². The number of amides is 1. The lowest BCUT2D eigenvalue weighted by Crippen LogP contribution is -2.37. The minimum Gasteiger partial charge on any atom is -0.491 e. The first kappa shape index (κ1) is 26.9. The Morgan fingerprint density at radius 1 is 1.15 bits per heavy atom. The maximum atomic E-state index is 12.1. The Balaban J connectivity index is 1.28. The lowest BCUT2D eigenvalue weighted by molar-refractivity contribution is -0.111. The number of aryl methyl sites for hydroxylation is 1. The van der Waals surface area contributed by atoms with Crippen molar-refractivity contribution >= 4 is 46.5 Å². The summed E-state index contributed by atoms with van der Waals surface area (Å²) in [5.41, 5.74) is 3.44. The van der Waals surface area contributed by atoms with Crippen molar-refractivity contribution in [2.75, 3.05) is 61.5 Å². The van der Waals surface area contributed by atoms with Gasteiger partial charge in [-0.3, -0.25) is 9.69 Å². The van der Waals surface area contributed by atoms with Gasteiger partial charge in [-0.15, -0.1) is 0 Å². The van der Waals surface area contributed by atoms with Crippen molar-refractivity contribution in [1.29, 1.82) is 0 Å². The first-order valence-corrected chi connectivity index (χ1v) is 13.5. The predicted octanol–water partition coefficient (Wildman–Crippen LogP) is 4.58. The van der Waals surface area contributed by atoms with E-state index in [1.54, 1.807) is 6.07 Å². The van der Waals surface area contributed by atoms with E-state index in [-0.39, 0.29) is 5.91 Å². The first-order chi connectivity index (χ1) is 19.1. The molecule has 1 aromatic heterocycles. The van der Waals surface area contributed by atoms with E-state index in [1.807, 2.05) is 24.3 Å². The summed E-state index contributed by atoms with van der Waals surface area (Å²) in [6.45, 7) is 9.23. The zero-order chi connectivity index (χ0) is 27.0. The largest absolute Gasteiger partial charge is 0.491 e. The number of fused-ring (bicyclic) bond motifs is 1. The van der Waals surface area contributed by atoms with E-state index in [0.717, 1.165) is 64.3 Å². The minimum atomic E-state index is -0.324. The molecule has 204 valence electrons. The Kier molecular flexibility index (Phi) is 8.87. The highest BCUT2D eigenvalue weighted by molar-refractivity contribution is 6.30. The fraction of sp³-hybridized carbons (Fsp3) is 0.357. The van der Waals surface area contributed by atoms with Crippen LogP contribution in [0.25, 0.3) is 0 Å². The van der Waals surface area contributed by atoms with E-state index in [0.29, 0.717) is 40.7 Å². The highest BCUT2D eigenvalue weighted by Gasteiger charge is 2.21. The molecule has 39 heavy (non-hydrogen) atoms. The third-order valence-corrected chi connectivity index (χ3v) is 6.86. The van der Waals surface area contributed by atoms with Gasteiger partial charge >= 0.3 is 0 Å². The third-order valence-electron chi connectivity index (χ3n) is 6.63. The third kappa shape index (κ3) is 7.03. The summed E-state index contributed by atoms with van der Waals surface area (Å²) in [6, 6.07) is 11.4. The number of morpholine rings is 1. The Bertz CT molecular complexity index is 1320. The second-order valence-corrected chi connectivity index (χ2v) is 9.76. The van der Waals surface area contributed by atoms with E-state index in [2.05, 4.69) is 48.0 Å². The van der Waals surface area contributed by atoms with Crippen molar-refractivity contribution in [3.8, 4) is 5.75 Å². The molecule has 1 amide bonds. The average molecular weight is 550 g/mol. The Morgan fingerprint density at radius 2 is 2.03 bits per heavy atom. The quantitative estimate of drug-likeness (QED) is 0.278. The number of ether oxygens (including phenoxy) is 2. The van der Waals surface area contributed by atoms with Gasteiger partial charge in [0.15, 0.2) is 0 Å². The van der Waals surface area contributed by atoms with Crippen molar-refractivity contribution in [2.24, 2.45) is 0 Å². The van der Waals surface area contributed by atoms with Crippen LogP contribution >= 0.6 is 11.6 Å². The van der Waals surface area contributed by atoms with Gasteiger partial charge in [0, 0.05) is 42.6 Å². The van der Waals surface area contributed by atoms with Crippen molar-refractivity contribution < 1.29 is 14.3 Å². The number of anilines is 5. The first-order valence-electron chi connectivity index (χ1n) is 13.1. The second kappa shape index (κ2) is 12.9. The summed E-state index contributed by atoms with van der Waals surface area (Å²) in [5, 5.41) is 6.73. The molecule has 0 unspecified atom stereocenters. The fourth-order valence-electron chi connectivity index (χ4n) is 4.67. The van der Waals surface area contributed by atoms with Crippen LogP contribution < -0.4 is 20.3 Å². The summed E-state index contributed by atoms with van der Waals surface area (Å²) in [6.07, 6.45) is 5.55. The zero-order valence-corrected chi connectivity index (χ0v) is 22.5. The van der Waals surface area contributed by atoms with Crippen LogP contribution in [0.5, 0.6) is 5.75 Å². The minimum absolute atomic E-state index is 0.324. The van der Waals surface area contributed by atoms with Gasteiger partial charge in [-0.2, -0.15) is 4.98 Å². The number of aromatic nitrogens is 3. The van der Waals surface area contributed by atoms with Crippen molar-refractivity contribution in [3.63, 3.8) is 0 Å². The Labute approximate surface area is 233 Å². The van der Waals surface area contributed by atoms with Gasteiger partial charge in [0.05, 0.1) is 25.5 Å². The fourth-order valence-corrected chi connectivity index (χ4v) is 4.84. The predicted molar refractivity (Wildman–Crippen MR) is 153 cm³/mol. The van der Waals surface area contributed by atoms with E-state index >= 15 is 0 Å². The van der Waals surface area contributed by atoms with Crippen LogP contribution in [0.4, 0.5) is 29.0 Å². The van der Waals surface area contributed by atoms with Gasteiger partial charge in [-0.1, -0.05) is 24.2 Å². The summed E-state index contributed by atoms with van der Waals surface area (Å²) in [7, 11) is 0. The van der Waals surface area contributed by atoms with Crippen LogP contribution in [0, 0.1) is 0 Å². The van der Waals surface area contributed by atoms with Crippen LogP contribution in [0.2, 0.25) is 5.02 Å². The molecule has 11 heteroatoms. The maximum Gasteiger partial charge on any atom is 0.247 e. The molecule has 1 saturated heterocycles. The molecule has 2 aliphatic rings. The zero-order valence-electron chi connectivity index (χ0n) is 21.7. The molecular formula is C28H32ClN7O3. The number of hydrogen-bond donors (Lipinski definition) is 2. The second-order valence-electron chi connectivity index (χ2n) is 9.32. The van der Waals surface area contributed by atoms with Gasteiger partial charge in [0.25, 0.3) is 0 Å². The van der Waals surface area contributed by atoms with E-state index in [4.69, 9.17) is 21.1 Å². The van der Waals surface area contributed by atoms with Crippen LogP contribution in [-0.2, 0) is 16.0 Å². The van der Waals surface area contributed by atoms with Gasteiger partial charge in [-0.05, 0) is 61.2 Å². The summed E-state index contributed by atoms with van der Waals surface area (Å²) in [4.78, 5) is 29.9. The molecule has 0 atom stereocenters. The number of rotatable bonds is 10. The molecule has 2 aromatic carbocycles. The monoisotopic (exact) mass is 549 g/mol. The molecule has 1 fully saturated rings. The van der Waals surface area contributed by atoms with Crippen LogP contribution in [0.1, 0.15) is 18.4 Å². The normalized spacial score (nSPS) is 15.4. The number of carbonyl (C=O) groups is 1. The molecule has 0 radical (unpaired) electrons. The molecule has 0 saturated carbocycles. The molecule has 10 nitrogen and oxygen atoms in total. The molecule has 0 spiro atoms. The SMILES string of the molecule is C=CC(=O)Nc1cc(Nc2ncnc(N3CCCc4ccc(Cl)cc43)n2)ccc1OCCCN1CCOCC1. The van der Waals surface area contributed by atoms with Crippen molar-refractivity contribution in [3.05, 3.63) is 66.0 Å². The standard InChI is InChI=1S/C28H32ClN7O3/c1-2-26(37)33-23-18-22(8-9-25(23)39-14-4-10-35-12-15-38-16-13-35)32-27-30-19-31-28(34-27)36-11-3-5-20-6-7-21(29)17-24(20)36/h2,6-9,17-19H,1,3-5,10-16H2,(H,33,37)(H,30,31,32,34). The maximum absolute atomic E-state index is 12.1. The average Bonchev–Trinajstić information content (AvgIpc) is 2.96. The molecule has 5 rings (SSSR count). The lowest BCUT2D eigenvalue weighted by Gasteiger charge is -2.29. The summed E-state index contributed by atoms with van der Waals surface area (Å²) in [5.74, 6) is 1.18. The van der Waals surface area contributed by atoms with Gasteiger partial charge in [-0.25, -0.2) is 9.97 Å². The molecular weight excluding hydrogens is 518 g/mol. The van der Waals surface area contributed by atoms with E-state index in [1.165, 1.54) is 18.0 Å². The van der Waals surface area contributed by atoms with Gasteiger partial charge in [0.2, 0.25) is 17.8 Å². The smallest absolute Gasteiger partial charge is 0.247 e. The number of carbonyl (C=O) groups excluding carboxylic acids is 1. The summed E-state index contributed by atoms with van der Waals surface area (Å²) >= 11 is 6.27. The van der Waals surface area contributed by atoms with Gasteiger partial charge in [0.1, 0.15) is 12.1 Å². The molecule has 3 heterocycles. The number of nitrogens with zero attached hydrogens (tertiary/aromatic N) is 5.